The Morgan fingerprint density at radius 3 is 2.21 bits per heavy atom. The molecule has 0 radical (unpaired) electrons. The number of hydrogen-bond donors (Lipinski definition) is 1. The van der Waals surface area contributed by atoms with Gasteiger partial charge in [0.1, 0.15) is 0 Å². The van der Waals surface area contributed by atoms with Gasteiger partial charge in [-0.1, -0.05) is 6.92 Å². The molecule has 0 aliphatic rings. The number of nitro benzene ring substituents is 1. The fraction of sp³-hybridized carbons (Fsp3) is 0.222. The molecular weight excluding hydrogens is 182 g/mol. The number of rotatable bonds is 1. The second-order valence-corrected chi connectivity index (χ2v) is 2.32. The first-order chi connectivity index (χ1) is 6.65. The quantitative estimate of drug-likeness (QED) is 0.539. The Morgan fingerprint density at radius 2 is 1.93 bits per heavy atom. The van der Waals surface area contributed by atoms with Crippen LogP contribution < -0.4 is 5.73 Å². The van der Waals surface area contributed by atoms with Gasteiger partial charge in [-0.3, -0.25) is 10.1 Å². The third-order valence-corrected chi connectivity index (χ3v) is 1.21. The van der Waals surface area contributed by atoms with Crippen LogP contribution in [-0.2, 0) is 0 Å². The maximum Gasteiger partial charge on any atom is 0.269 e. The second-order valence-electron chi connectivity index (χ2n) is 2.32. The van der Waals surface area contributed by atoms with Gasteiger partial charge in [0.2, 0.25) is 0 Å². The average Bonchev–Trinajstić information content (AvgIpc) is 2.19. The van der Waals surface area contributed by atoms with Crippen LogP contribution in [0.25, 0.3) is 0 Å². The molecule has 0 saturated heterocycles. The van der Waals surface area contributed by atoms with Crippen molar-refractivity contribution in [2.45, 2.75) is 6.92 Å². The highest BCUT2D eigenvalue weighted by molar-refractivity contribution is 5.38. The van der Waals surface area contributed by atoms with E-state index in [9.17, 15) is 10.1 Å². The molecule has 5 heteroatoms. The SMILES string of the molecule is CCN.N#Cc1ccc([N+](=O)[O-])cc1. The van der Waals surface area contributed by atoms with E-state index in [1.807, 2.05) is 13.0 Å². The first-order valence-electron chi connectivity index (χ1n) is 4.00. The van der Waals surface area contributed by atoms with Crippen molar-refractivity contribution in [2.24, 2.45) is 5.73 Å². The van der Waals surface area contributed by atoms with Crippen molar-refractivity contribution in [3.8, 4) is 6.07 Å². The predicted octanol–water partition coefficient (Wildman–Crippen LogP) is 1.43. The first kappa shape index (κ1) is 12.1. The zero-order valence-electron chi connectivity index (χ0n) is 7.80. The minimum atomic E-state index is -0.499. The van der Waals surface area contributed by atoms with E-state index in [2.05, 4.69) is 0 Å². The molecule has 0 aromatic heterocycles. The minimum absolute atomic E-state index is 0.00370. The van der Waals surface area contributed by atoms with Crippen LogP contribution in [-0.4, -0.2) is 11.5 Å². The maximum absolute atomic E-state index is 10.1. The van der Waals surface area contributed by atoms with E-state index in [4.69, 9.17) is 11.0 Å². The van der Waals surface area contributed by atoms with Gasteiger partial charge in [-0.05, 0) is 18.7 Å². The Morgan fingerprint density at radius 1 is 1.50 bits per heavy atom. The number of hydrogen-bond acceptors (Lipinski definition) is 4. The van der Waals surface area contributed by atoms with E-state index in [-0.39, 0.29) is 5.69 Å². The highest BCUT2D eigenvalue weighted by atomic mass is 16.6. The molecule has 0 spiro atoms. The normalized spacial score (nSPS) is 8.07. The second kappa shape index (κ2) is 6.57. The summed E-state index contributed by atoms with van der Waals surface area (Å²) in [5.74, 6) is 0. The number of nitro groups is 1. The van der Waals surface area contributed by atoms with Crippen LogP contribution in [0.4, 0.5) is 5.69 Å². The van der Waals surface area contributed by atoms with Crippen molar-refractivity contribution in [2.75, 3.05) is 6.54 Å². The number of nitriles is 1. The first-order valence-corrected chi connectivity index (χ1v) is 4.00. The fourth-order valence-electron chi connectivity index (χ4n) is 0.658. The summed E-state index contributed by atoms with van der Waals surface area (Å²) in [4.78, 5) is 9.62. The molecule has 1 aromatic rings. The summed E-state index contributed by atoms with van der Waals surface area (Å²) in [6.07, 6.45) is 0. The lowest BCUT2D eigenvalue weighted by Crippen LogP contribution is -1.87. The molecule has 2 N–H and O–H groups in total. The van der Waals surface area contributed by atoms with E-state index >= 15 is 0 Å². The molecule has 0 saturated carbocycles. The smallest absolute Gasteiger partial charge is 0.269 e. The van der Waals surface area contributed by atoms with Crippen molar-refractivity contribution in [1.29, 1.82) is 5.26 Å². The average molecular weight is 193 g/mol. The topological polar surface area (TPSA) is 93.0 Å². The van der Waals surface area contributed by atoms with E-state index < -0.39 is 4.92 Å². The number of nitrogens with two attached hydrogens (primary N) is 1. The summed E-state index contributed by atoms with van der Waals surface area (Å²) in [7, 11) is 0. The Hall–Kier alpha value is -1.93. The van der Waals surface area contributed by atoms with Gasteiger partial charge < -0.3 is 5.73 Å². The van der Waals surface area contributed by atoms with Crippen molar-refractivity contribution in [3.63, 3.8) is 0 Å². The lowest BCUT2D eigenvalue weighted by atomic mass is 10.2. The van der Waals surface area contributed by atoms with E-state index in [0.29, 0.717) is 5.56 Å². The maximum atomic E-state index is 10.1. The van der Waals surface area contributed by atoms with Crippen molar-refractivity contribution >= 4 is 5.69 Å². The van der Waals surface area contributed by atoms with Crippen molar-refractivity contribution in [3.05, 3.63) is 39.9 Å². The van der Waals surface area contributed by atoms with Crippen LogP contribution in [0.1, 0.15) is 12.5 Å². The van der Waals surface area contributed by atoms with Crippen LogP contribution in [0.15, 0.2) is 24.3 Å². The molecule has 0 atom stereocenters. The van der Waals surface area contributed by atoms with Crippen LogP contribution in [0.3, 0.4) is 0 Å². The molecule has 0 unspecified atom stereocenters. The van der Waals surface area contributed by atoms with Gasteiger partial charge >= 0.3 is 0 Å². The molecule has 14 heavy (non-hydrogen) atoms. The summed E-state index contributed by atoms with van der Waals surface area (Å²) >= 11 is 0. The Balaban J connectivity index is 0.000000500. The molecule has 74 valence electrons. The Bertz CT molecular complexity index is 327. The largest absolute Gasteiger partial charge is 0.331 e. The minimum Gasteiger partial charge on any atom is -0.331 e. The Kier molecular flexibility index (Phi) is 5.67. The molecule has 0 fully saturated rings. The molecule has 0 amide bonds. The molecule has 1 rings (SSSR count). The van der Waals surface area contributed by atoms with Crippen LogP contribution in [0.2, 0.25) is 0 Å². The highest BCUT2D eigenvalue weighted by Crippen LogP contribution is 2.10. The molecular formula is C9H11N3O2. The molecule has 0 heterocycles. The monoisotopic (exact) mass is 193 g/mol. The lowest BCUT2D eigenvalue weighted by Gasteiger charge is -1.88. The van der Waals surface area contributed by atoms with Gasteiger partial charge in [0.05, 0.1) is 16.6 Å². The van der Waals surface area contributed by atoms with Gasteiger partial charge in [0, 0.05) is 12.1 Å². The van der Waals surface area contributed by atoms with Gasteiger partial charge in [0.15, 0.2) is 0 Å². The summed E-state index contributed by atoms with van der Waals surface area (Å²) < 4.78 is 0. The molecule has 1 aromatic carbocycles. The van der Waals surface area contributed by atoms with Gasteiger partial charge in [-0.25, -0.2) is 0 Å². The van der Waals surface area contributed by atoms with Gasteiger partial charge in [-0.15, -0.1) is 0 Å². The third kappa shape index (κ3) is 4.18. The third-order valence-electron chi connectivity index (χ3n) is 1.21. The zero-order chi connectivity index (χ0) is 11.0. The van der Waals surface area contributed by atoms with Gasteiger partial charge in [-0.2, -0.15) is 5.26 Å². The fourth-order valence-corrected chi connectivity index (χ4v) is 0.658. The van der Waals surface area contributed by atoms with Crippen molar-refractivity contribution < 1.29 is 4.92 Å². The highest BCUT2D eigenvalue weighted by Gasteiger charge is 2.02. The zero-order valence-corrected chi connectivity index (χ0v) is 7.80. The molecule has 0 aliphatic heterocycles. The summed E-state index contributed by atoms with van der Waals surface area (Å²) in [5, 5.41) is 18.5. The lowest BCUT2D eigenvalue weighted by molar-refractivity contribution is -0.384. The van der Waals surface area contributed by atoms with Gasteiger partial charge in [0.25, 0.3) is 5.69 Å². The van der Waals surface area contributed by atoms with E-state index in [0.717, 1.165) is 6.54 Å². The van der Waals surface area contributed by atoms with E-state index in [1.54, 1.807) is 0 Å². The molecule has 0 bridgehead atoms. The van der Waals surface area contributed by atoms with Crippen LogP contribution >= 0.6 is 0 Å². The molecule has 0 aliphatic carbocycles. The van der Waals surface area contributed by atoms with Crippen LogP contribution in [0.5, 0.6) is 0 Å². The predicted molar refractivity (Wildman–Crippen MR) is 52.5 cm³/mol. The number of non-ortho nitro benzene ring substituents is 1. The number of benzene rings is 1. The Labute approximate surface area is 81.9 Å². The van der Waals surface area contributed by atoms with E-state index in [1.165, 1.54) is 24.3 Å². The van der Waals surface area contributed by atoms with Crippen molar-refractivity contribution in [1.82, 2.24) is 0 Å². The summed E-state index contributed by atoms with van der Waals surface area (Å²) in [6.45, 7) is 2.65. The summed E-state index contributed by atoms with van der Waals surface area (Å²) in [6, 6.07) is 7.31. The standard InChI is InChI=1S/C7H4N2O2.C2H7N/c8-5-6-1-3-7(4-2-6)9(10)11;1-2-3/h1-4H;2-3H2,1H3. The number of nitrogens with zero attached hydrogens (tertiary/aromatic N) is 2. The summed E-state index contributed by atoms with van der Waals surface area (Å²) in [5.41, 5.74) is 5.28. The molecule has 5 nitrogen and oxygen atoms in total. The van der Waals surface area contributed by atoms with Crippen LogP contribution in [0, 0.1) is 21.4 Å².